The number of likely N-dealkylation sites (tertiary alicyclic amines) is 1. The van der Waals surface area contributed by atoms with E-state index in [4.69, 9.17) is 0 Å². The number of hydrogen-bond acceptors (Lipinski definition) is 3. The molecule has 0 unspecified atom stereocenters. The lowest BCUT2D eigenvalue weighted by Gasteiger charge is -2.16. The summed E-state index contributed by atoms with van der Waals surface area (Å²) in [7, 11) is 0. The van der Waals surface area contributed by atoms with Crippen LogP contribution in [0.5, 0.6) is 5.75 Å². The Labute approximate surface area is 162 Å². The van der Waals surface area contributed by atoms with Gasteiger partial charge in [0.25, 0.3) is 0 Å². The van der Waals surface area contributed by atoms with E-state index < -0.39 is 6.61 Å². The van der Waals surface area contributed by atoms with Gasteiger partial charge in [-0.3, -0.25) is 9.59 Å². The predicted molar refractivity (Wildman–Crippen MR) is 99.8 cm³/mol. The third-order valence-corrected chi connectivity index (χ3v) is 4.71. The highest BCUT2D eigenvalue weighted by atomic mass is 19.3. The highest BCUT2D eigenvalue weighted by Gasteiger charge is 2.33. The zero-order valence-corrected chi connectivity index (χ0v) is 15.3. The minimum absolute atomic E-state index is 0.00965. The molecular formula is C21H22F2N2O3. The molecule has 1 saturated heterocycles. The molecule has 7 heteroatoms. The average molecular weight is 388 g/mol. The van der Waals surface area contributed by atoms with E-state index in [-0.39, 0.29) is 36.4 Å². The number of amides is 2. The molecule has 3 rings (SSSR count). The lowest BCUT2D eigenvalue weighted by Crippen LogP contribution is -2.33. The standard InChI is InChI=1S/C21H22F2N2O3/c22-21(23)28-18-8-6-16(7-9-18)13-24-20(27)17-12-19(26)25(14-17)11-10-15-4-2-1-3-5-15/h1-9,17,21H,10-14H2,(H,24,27)/t17-/m0/s1. The normalized spacial score (nSPS) is 16.5. The lowest BCUT2D eigenvalue weighted by atomic mass is 10.1. The summed E-state index contributed by atoms with van der Waals surface area (Å²) in [4.78, 5) is 26.3. The van der Waals surface area contributed by atoms with Crippen LogP contribution >= 0.6 is 0 Å². The zero-order chi connectivity index (χ0) is 19.9. The second-order valence-corrected chi connectivity index (χ2v) is 6.72. The van der Waals surface area contributed by atoms with Crippen LogP contribution in [-0.4, -0.2) is 36.4 Å². The molecule has 148 valence electrons. The Morgan fingerprint density at radius 3 is 2.50 bits per heavy atom. The van der Waals surface area contributed by atoms with E-state index in [2.05, 4.69) is 10.1 Å². The van der Waals surface area contributed by atoms with Crippen molar-refractivity contribution in [3.05, 3.63) is 65.7 Å². The first-order chi connectivity index (χ1) is 13.5. The molecule has 0 aromatic heterocycles. The Bertz CT molecular complexity index is 797. The van der Waals surface area contributed by atoms with E-state index in [0.29, 0.717) is 13.1 Å². The van der Waals surface area contributed by atoms with Crippen LogP contribution in [0.1, 0.15) is 17.5 Å². The van der Waals surface area contributed by atoms with Crippen LogP contribution in [0.3, 0.4) is 0 Å². The van der Waals surface area contributed by atoms with Gasteiger partial charge in [-0.05, 0) is 29.7 Å². The third kappa shape index (κ3) is 5.52. The van der Waals surface area contributed by atoms with Crippen molar-refractivity contribution in [2.24, 2.45) is 5.92 Å². The van der Waals surface area contributed by atoms with E-state index >= 15 is 0 Å². The fourth-order valence-corrected chi connectivity index (χ4v) is 3.19. The number of benzene rings is 2. The summed E-state index contributed by atoms with van der Waals surface area (Å²) >= 11 is 0. The van der Waals surface area contributed by atoms with Crippen molar-refractivity contribution in [1.29, 1.82) is 0 Å². The molecule has 0 aliphatic carbocycles. The molecule has 28 heavy (non-hydrogen) atoms. The summed E-state index contributed by atoms with van der Waals surface area (Å²) in [5, 5.41) is 2.81. The molecule has 2 aromatic rings. The van der Waals surface area contributed by atoms with E-state index in [1.165, 1.54) is 12.1 Å². The number of carbonyl (C=O) groups excluding carboxylic acids is 2. The van der Waals surface area contributed by atoms with Crippen molar-refractivity contribution in [3.63, 3.8) is 0 Å². The van der Waals surface area contributed by atoms with Gasteiger partial charge < -0.3 is 15.0 Å². The Morgan fingerprint density at radius 2 is 1.82 bits per heavy atom. The number of carbonyl (C=O) groups is 2. The first-order valence-corrected chi connectivity index (χ1v) is 9.14. The van der Waals surface area contributed by atoms with Gasteiger partial charge in [0.15, 0.2) is 0 Å². The number of halogens is 2. The number of nitrogens with zero attached hydrogens (tertiary/aromatic N) is 1. The molecule has 1 aliphatic rings. The molecule has 5 nitrogen and oxygen atoms in total. The van der Waals surface area contributed by atoms with Crippen molar-refractivity contribution in [1.82, 2.24) is 10.2 Å². The van der Waals surface area contributed by atoms with E-state index in [1.54, 1.807) is 17.0 Å². The summed E-state index contributed by atoms with van der Waals surface area (Å²) in [5.74, 6) is -0.488. The molecule has 1 aliphatic heterocycles. The monoisotopic (exact) mass is 388 g/mol. The second kappa shape index (κ2) is 9.30. The van der Waals surface area contributed by atoms with Gasteiger partial charge in [-0.1, -0.05) is 42.5 Å². The first kappa shape index (κ1) is 19.8. The third-order valence-electron chi connectivity index (χ3n) is 4.71. The van der Waals surface area contributed by atoms with Gasteiger partial charge in [0, 0.05) is 26.1 Å². The van der Waals surface area contributed by atoms with Crippen LogP contribution in [0.15, 0.2) is 54.6 Å². The Hall–Kier alpha value is -2.96. The van der Waals surface area contributed by atoms with Crippen LogP contribution in [0.25, 0.3) is 0 Å². The second-order valence-electron chi connectivity index (χ2n) is 6.72. The zero-order valence-electron chi connectivity index (χ0n) is 15.3. The summed E-state index contributed by atoms with van der Waals surface area (Å²) in [6.45, 7) is -1.59. The highest BCUT2D eigenvalue weighted by Crippen LogP contribution is 2.19. The van der Waals surface area contributed by atoms with E-state index in [1.807, 2.05) is 30.3 Å². The van der Waals surface area contributed by atoms with Gasteiger partial charge in [0.05, 0.1) is 5.92 Å². The minimum Gasteiger partial charge on any atom is -0.435 e. The molecule has 0 bridgehead atoms. The quantitative estimate of drug-likeness (QED) is 0.756. The van der Waals surface area contributed by atoms with Crippen LogP contribution in [0.2, 0.25) is 0 Å². The smallest absolute Gasteiger partial charge is 0.387 e. The highest BCUT2D eigenvalue weighted by molar-refractivity contribution is 5.89. The lowest BCUT2D eigenvalue weighted by molar-refractivity contribution is -0.129. The Morgan fingerprint density at radius 1 is 1.11 bits per heavy atom. The van der Waals surface area contributed by atoms with Gasteiger partial charge in [-0.15, -0.1) is 0 Å². The van der Waals surface area contributed by atoms with Crippen molar-refractivity contribution in [3.8, 4) is 5.75 Å². The van der Waals surface area contributed by atoms with E-state index in [9.17, 15) is 18.4 Å². The molecule has 2 amide bonds. The van der Waals surface area contributed by atoms with Crippen LogP contribution in [0.4, 0.5) is 8.78 Å². The van der Waals surface area contributed by atoms with Gasteiger partial charge in [0.2, 0.25) is 11.8 Å². The van der Waals surface area contributed by atoms with Crippen LogP contribution in [0, 0.1) is 5.92 Å². The summed E-state index contributed by atoms with van der Waals surface area (Å²) < 4.78 is 28.6. The van der Waals surface area contributed by atoms with Crippen LogP contribution in [-0.2, 0) is 22.6 Å². The topological polar surface area (TPSA) is 58.6 Å². The number of ether oxygens (including phenoxy) is 1. The van der Waals surface area contributed by atoms with Gasteiger partial charge in [-0.2, -0.15) is 8.78 Å². The molecule has 0 spiro atoms. The Balaban J connectivity index is 1.45. The fraction of sp³-hybridized carbons (Fsp3) is 0.333. The first-order valence-electron chi connectivity index (χ1n) is 9.14. The fourth-order valence-electron chi connectivity index (χ4n) is 3.19. The van der Waals surface area contributed by atoms with Crippen LogP contribution < -0.4 is 10.1 Å². The summed E-state index contributed by atoms with van der Waals surface area (Å²) in [6.07, 6.45) is 0.968. The van der Waals surface area contributed by atoms with Gasteiger partial charge in [0.1, 0.15) is 5.75 Å². The molecule has 1 atom stereocenters. The largest absolute Gasteiger partial charge is 0.435 e. The maximum absolute atomic E-state index is 12.4. The van der Waals surface area contributed by atoms with Gasteiger partial charge in [-0.25, -0.2) is 0 Å². The minimum atomic E-state index is -2.87. The van der Waals surface area contributed by atoms with Crippen molar-refractivity contribution in [2.45, 2.75) is 26.0 Å². The molecule has 1 heterocycles. The number of nitrogens with one attached hydrogen (secondary N) is 1. The van der Waals surface area contributed by atoms with Gasteiger partial charge >= 0.3 is 6.61 Å². The molecular weight excluding hydrogens is 366 g/mol. The maximum atomic E-state index is 12.4. The molecule has 0 saturated carbocycles. The summed E-state index contributed by atoms with van der Waals surface area (Å²) in [5.41, 5.74) is 1.92. The predicted octanol–water partition coefficient (Wildman–Crippen LogP) is 3.00. The average Bonchev–Trinajstić information content (AvgIpc) is 3.07. The Kier molecular flexibility index (Phi) is 6.57. The maximum Gasteiger partial charge on any atom is 0.387 e. The van der Waals surface area contributed by atoms with Crippen molar-refractivity contribution in [2.75, 3.05) is 13.1 Å². The SMILES string of the molecule is O=C(NCc1ccc(OC(F)F)cc1)[C@H]1CC(=O)N(CCc2ccccc2)C1. The van der Waals surface area contributed by atoms with Crippen molar-refractivity contribution < 1.29 is 23.1 Å². The van der Waals surface area contributed by atoms with Crippen molar-refractivity contribution >= 4 is 11.8 Å². The number of rotatable bonds is 8. The number of alkyl halides is 2. The summed E-state index contributed by atoms with van der Waals surface area (Å²) in [6, 6.07) is 16.0. The molecule has 1 N–H and O–H groups in total. The molecule has 2 aromatic carbocycles. The molecule has 1 fully saturated rings. The molecule has 0 radical (unpaired) electrons. The van der Waals surface area contributed by atoms with E-state index in [0.717, 1.165) is 17.5 Å². The number of hydrogen-bond donors (Lipinski definition) is 1.